The average molecular weight is 240 g/mol. The quantitative estimate of drug-likeness (QED) is 0.870. The van der Waals surface area contributed by atoms with Gasteiger partial charge in [-0.25, -0.2) is 0 Å². The molecule has 0 aliphatic rings. The molecule has 0 radical (unpaired) electrons. The fourth-order valence-corrected chi connectivity index (χ4v) is 2.30. The van der Waals surface area contributed by atoms with Crippen LogP contribution in [-0.2, 0) is 0 Å². The van der Waals surface area contributed by atoms with Crippen LogP contribution in [0.25, 0.3) is 0 Å². The minimum absolute atomic E-state index is 0.335. The molecule has 18 heavy (non-hydrogen) atoms. The van der Waals surface area contributed by atoms with Gasteiger partial charge in [0.1, 0.15) is 0 Å². The zero-order valence-electron chi connectivity index (χ0n) is 10.8. The van der Waals surface area contributed by atoms with Gasteiger partial charge < -0.3 is 5.73 Å². The molecule has 2 nitrogen and oxygen atoms in total. The lowest BCUT2D eigenvalue weighted by atomic mass is 9.88. The molecule has 1 aromatic heterocycles. The highest BCUT2D eigenvalue weighted by Gasteiger charge is 2.15. The molecule has 0 saturated heterocycles. The summed E-state index contributed by atoms with van der Waals surface area (Å²) in [5.41, 5.74) is 8.36. The first kappa shape index (κ1) is 12.8. The zero-order valence-corrected chi connectivity index (χ0v) is 10.8. The van der Waals surface area contributed by atoms with Crippen molar-refractivity contribution in [1.29, 1.82) is 0 Å². The molecule has 0 fully saturated rings. The van der Waals surface area contributed by atoms with Crippen LogP contribution in [0.4, 0.5) is 0 Å². The van der Waals surface area contributed by atoms with Crippen LogP contribution in [0, 0.1) is 0 Å². The maximum Gasteiger partial charge on any atom is 0.0447 e. The van der Waals surface area contributed by atoms with Crippen LogP contribution >= 0.6 is 0 Å². The van der Waals surface area contributed by atoms with Gasteiger partial charge in [-0.3, -0.25) is 4.98 Å². The number of nitrogens with zero attached hydrogens (tertiary/aromatic N) is 1. The summed E-state index contributed by atoms with van der Waals surface area (Å²) in [6, 6.07) is 16.6. The van der Waals surface area contributed by atoms with Gasteiger partial charge >= 0.3 is 0 Å². The smallest absolute Gasteiger partial charge is 0.0447 e. The summed E-state index contributed by atoms with van der Waals surface area (Å²) >= 11 is 0. The van der Waals surface area contributed by atoms with E-state index in [2.05, 4.69) is 48.3 Å². The van der Waals surface area contributed by atoms with E-state index >= 15 is 0 Å². The number of hydrogen-bond acceptors (Lipinski definition) is 2. The van der Waals surface area contributed by atoms with Crippen molar-refractivity contribution < 1.29 is 0 Å². The zero-order chi connectivity index (χ0) is 12.8. The molecule has 2 atom stereocenters. The summed E-state index contributed by atoms with van der Waals surface area (Å²) in [5.74, 6) is 0.836. The van der Waals surface area contributed by atoms with E-state index in [1.54, 1.807) is 0 Å². The van der Waals surface area contributed by atoms with Crippen molar-refractivity contribution in [3.8, 4) is 0 Å². The van der Waals surface area contributed by atoms with Crippen LogP contribution < -0.4 is 5.73 Å². The van der Waals surface area contributed by atoms with Gasteiger partial charge in [-0.1, -0.05) is 43.3 Å². The Labute approximate surface area is 109 Å². The van der Waals surface area contributed by atoms with Crippen molar-refractivity contribution >= 4 is 0 Å². The van der Waals surface area contributed by atoms with Gasteiger partial charge in [0.2, 0.25) is 0 Å². The van der Waals surface area contributed by atoms with Gasteiger partial charge in [0.05, 0.1) is 0 Å². The molecule has 0 spiro atoms. The molecule has 0 saturated carbocycles. The molecule has 0 amide bonds. The summed E-state index contributed by atoms with van der Waals surface area (Å²) in [6.07, 6.45) is 2.88. The summed E-state index contributed by atoms with van der Waals surface area (Å²) in [5, 5.41) is 0. The third kappa shape index (κ3) is 3.17. The average Bonchev–Trinajstić information content (AvgIpc) is 2.46. The Hall–Kier alpha value is -1.67. The molecule has 0 unspecified atom stereocenters. The topological polar surface area (TPSA) is 38.9 Å². The van der Waals surface area contributed by atoms with E-state index in [0.29, 0.717) is 18.4 Å². The van der Waals surface area contributed by atoms with Crippen LogP contribution in [0.1, 0.15) is 36.4 Å². The van der Waals surface area contributed by atoms with Gasteiger partial charge in [0.25, 0.3) is 0 Å². The highest BCUT2D eigenvalue weighted by Crippen LogP contribution is 2.27. The molecular weight excluding hydrogens is 220 g/mol. The second-order valence-corrected chi connectivity index (χ2v) is 4.73. The van der Waals surface area contributed by atoms with Gasteiger partial charge in [-0.05, 0) is 30.0 Å². The fraction of sp³-hybridized carbons (Fsp3) is 0.312. The van der Waals surface area contributed by atoms with Crippen molar-refractivity contribution in [3.05, 3.63) is 66.0 Å². The fourth-order valence-electron chi connectivity index (χ4n) is 2.30. The van der Waals surface area contributed by atoms with E-state index in [-0.39, 0.29) is 0 Å². The Bertz CT molecular complexity index is 453. The Morgan fingerprint density at radius 3 is 2.39 bits per heavy atom. The van der Waals surface area contributed by atoms with E-state index in [0.717, 1.165) is 12.1 Å². The largest absolute Gasteiger partial charge is 0.330 e. The highest BCUT2D eigenvalue weighted by atomic mass is 14.7. The van der Waals surface area contributed by atoms with Crippen molar-refractivity contribution in [2.24, 2.45) is 5.73 Å². The first-order chi connectivity index (χ1) is 8.81. The maximum absolute atomic E-state index is 5.89. The summed E-state index contributed by atoms with van der Waals surface area (Å²) in [4.78, 5) is 4.42. The molecule has 0 aliphatic heterocycles. The predicted octanol–water partition coefficient (Wildman–Crippen LogP) is 3.32. The van der Waals surface area contributed by atoms with Crippen molar-refractivity contribution in [1.82, 2.24) is 4.98 Å². The van der Waals surface area contributed by atoms with Crippen molar-refractivity contribution in [2.45, 2.75) is 25.2 Å². The second-order valence-electron chi connectivity index (χ2n) is 4.73. The molecule has 0 aliphatic carbocycles. The van der Waals surface area contributed by atoms with E-state index in [1.807, 2.05) is 18.3 Å². The van der Waals surface area contributed by atoms with Crippen LogP contribution in [0.5, 0.6) is 0 Å². The van der Waals surface area contributed by atoms with Crippen LogP contribution in [0.2, 0.25) is 0 Å². The van der Waals surface area contributed by atoms with Gasteiger partial charge in [0, 0.05) is 24.4 Å². The van der Waals surface area contributed by atoms with Crippen molar-refractivity contribution in [3.63, 3.8) is 0 Å². The summed E-state index contributed by atoms with van der Waals surface area (Å²) < 4.78 is 0. The summed E-state index contributed by atoms with van der Waals surface area (Å²) in [7, 11) is 0. The molecule has 2 N–H and O–H groups in total. The minimum Gasteiger partial charge on any atom is -0.330 e. The first-order valence-electron chi connectivity index (χ1n) is 6.47. The lowest BCUT2D eigenvalue weighted by molar-refractivity contribution is 0.554. The van der Waals surface area contributed by atoms with Crippen LogP contribution in [0.15, 0.2) is 54.7 Å². The monoisotopic (exact) mass is 240 g/mol. The molecule has 1 aromatic carbocycles. The van der Waals surface area contributed by atoms with Crippen molar-refractivity contribution in [2.75, 3.05) is 6.54 Å². The highest BCUT2D eigenvalue weighted by molar-refractivity contribution is 5.20. The number of nitrogens with two attached hydrogens (primary N) is 1. The van der Waals surface area contributed by atoms with E-state index in [1.165, 1.54) is 5.56 Å². The molecular formula is C16H20N2. The lowest BCUT2D eigenvalue weighted by Crippen LogP contribution is -2.16. The minimum atomic E-state index is 0.335. The van der Waals surface area contributed by atoms with Crippen LogP contribution in [-0.4, -0.2) is 11.5 Å². The van der Waals surface area contributed by atoms with Gasteiger partial charge in [-0.15, -0.1) is 0 Å². The van der Waals surface area contributed by atoms with E-state index in [9.17, 15) is 0 Å². The second kappa shape index (κ2) is 6.31. The number of rotatable bonds is 5. The Kier molecular flexibility index (Phi) is 4.48. The third-order valence-corrected chi connectivity index (χ3v) is 3.40. The summed E-state index contributed by atoms with van der Waals surface area (Å²) in [6.45, 7) is 2.90. The SMILES string of the molecule is C[C@@H](C[C@H](CN)c1ccccn1)c1ccccc1. The molecule has 1 heterocycles. The molecule has 2 rings (SSSR count). The number of aromatic nitrogens is 1. The Morgan fingerprint density at radius 2 is 1.78 bits per heavy atom. The molecule has 2 heteroatoms. The molecule has 2 aromatic rings. The van der Waals surface area contributed by atoms with E-state index < -0.39 is 0 Å². The first-order valence-corrected chi connectivity index (χ1v) is 6.47. The normalized spacial score (nSPS) is 14.1. The standard InChI is InChI=1S/C16H20N2/c1-13(14-7-3-2-4-8-14)11-15(12-17)16-9-5-6-10-18-16/h2-10,13,15H,11-12,17H2,1H3/t13-,15+/m0/s1. The Balaban J connectivity index is 2.07. The van der Waals surface area contributed by atoms with E-state index in [4.69, 9.17) is 5.73 Å². The van der Waals surface area contributed by atoms with Gasteiger partial charge in [-0.2, -0.15) is 0 Å². The predicted molar refractivity (Wildman–Crippen MR) is 75.5 cm³/mol. The molecule has 94 valence electrons. The maximum atomic E-state index is 5.89. The van der Waals surface area contributed by atoms with Crippen LogP contribution in [0.3, 0.4) is 0 Å². The third-order valence-electron chi connectivity index (χ3n) is 3.40. The Morgan fingerprint density at radius 1 is 1.06 bits per heavy atom. The number of benzene rings is 1. The molecule has 0 bridgehead atoms. The lowest BCUT2D eigenvalue weighted by Gasteiger charge is -2.19. The number of pyridine rings is 1. The van der Waals surface area contributed by atoms with Gasteiger partial charge in [0.15, 0.2) is 0 Å². The number of hydrogen-bond donors (Lipinski definition) is 1.